The van der Waals surface area contributed by atoms with Crippen LogP contribution in [0, 0.1) is 11.8 Å². The van der Waals surface area contributed by atoms with Crippen LogP contribution in [0.4, 0.5) is 5.69 Å². The molecule has 4 rings (SSSR count). The Morgan fingerprint density at radius 1 is 1.15 bits per heavy atom. The number of hydrogen-bond donors (Lipinski definition) is 2. The fourth-order valence-corrected chi connectivity index (χ4v) is 4.01. The van der Waals surface area contributed by atoms with Crippen LogP contribution in [0.1, 0.15) is 37.9 Å². The van der Waals surface area contributed by atoms with Crippen molar-refractivity contribution in [2.24, 2.45) is 11.8 Å². The molecule has 2 unspecified atom stereocenters. The number of anilines is 1. The summed E-state index contributed by atoms with van der Waals surface area (Å²) in [6.45, 7) is 0.854. The minimum absolute atomic E-state index is 0.262. The Morgan fingerprint density at radius 2 is 1.96 bits per heavy atom. The van der Waals surface area contributed by atoms with Crippen LogP contribution in [-0.2, 0) is 22.6 Å². The third-order valence-corrected chi connectivity index (χ3v) is 5.84. The van der Waals surface area contributed by atoms with E-state index in [1.165, 1.54) is 6.42 Å². The number of carbonyl (C=O) groups is 2. The highest BCUT2D eigenvalue weighted by atomic mass is 35.5. The first-order valence-corrected chi connectivity index (χ1v) is 9.68. The maximum Gasteiger partial charge on any atom is 0.307 e. The number of fused-ring (bicyclic) bond motifs is 1. The molecule has 0 spiro atoms. The number of rotatable bonds is 4. The van der Waals surface area contributed by atoms with Gasteiger partial charge in [0.15, 0.2) is 5.82 Å². The quantitative estimate of drug-likeness (QED) is 0.836. The molecule has 1 saturated carbocycles. The van der Waals surface area contributed by atoms with Crippen molar-refractivity contribution in [3.05, 3.63) is 29.0 Å². The third-order valence-electron chi connectivity index (χ3n) is 5.51. The molecule has 2 atom stereocenters. The summed E-state index contributed by atoms with van der Waals surface area (Å²) in [5, 5.41) is 21.2. The minimum Gasteiger partial charge on any atom is -0.481 e. The van der Waals surface area contributed by atoms with E-state index in [0.717, 1.165) is 37.2 Å². The van der Waals surface area contributed by atoms with Gasteiger partial charge in [0.1, 0.15) is 5.82 Å². The van der Waals surface area contributed by atoms with Gasteiger partial charge in [0, 0.05) is 24.2 Å². The predicted octanol–water partition coefficient (Wildman–Crippen LogP) is 3.37. The summed E-state index contributed by atoms with van der Waals surface area (Å²) >= 11 is 6.40. The van der Waals surface area contributed by atoms with Gasteiger partial charge < -0.3 is 15.0 Å². The molecule has 8 heteroatoms. The second-order valence-corrected chi connectivity index (χ2v) is 7.62. The highest BCUT2D eigenvalue weighted by Crippen LogP contribution is 2.36. The molecule has 0 bridgehead atoms. The zero-order chi connectivity index (χ0) is 19.0. The first-order valence-electron chi connectivity index (χ1n) is 9.30. The number of carbonyl (C=O) groups excluding carboxylic acids is 1. The second-order valence-electron chi connectivity index (χ2n) is 7.21. The molecular weight excluding hydrogens is 368 g/mol. The van der Waals surface area contributed by atoms with E-state index in [0.29, 0.717) is 29.4 Å². The van der Waals surface area contributed by atoms with Crippen LogP contribution in [0.2, 0.25) is 5.02 Å². The molecule has 1 aliphatic heterocycles. The van der Waals surface area contributed by atoms with Gasteiger partial charge in [0.25, 0.3) is 0 Å². The summed E-state index contributed by atoms with van der Waals surface area (Å²) in [4.78, 5) is 23.6. The predicted molar refractivity (Wildman–Crippen MR) is 101 cm³/mol. The van der Waals surface area contributed by atoms with E-state index in [1.807, 2.05) is 0 Å². The van der Waals surface area contributed by atoms with Crippen molar-refractivity contribution < 1.29 is 14.7 Å². The molecule has 0 radical (unpaired) electrons. The Hall–Kier alpha value is -2.41. The van der Waals surface area contributed by atoms with Crippen molar-refractivity contribution in [3.8, 4) is 11.4 Å². The van der Waals surface area contributed by atoms with Crippen molar-refractivity contribution in [3.63, 3.8) is 0 Å². The average molecular weight is 389 g/mol. The summed E-state index contributed by atoms with van der Waals surface area (Å²) < 4.78 is 2.10. The minimum atomic E-state index is -0.913. The summed E-state index contributed by atoms with van der Waals surface area (Å²) in [5.41, 5.74) is 1.31. The Labute approximate surface area is 161 Å². The van der Waals surface area contributed by atoms with Crippen LogP contribution in [-0.4, -0.2) is 31.7 Å². The monoisotopic (exact) mass is 388 g/mol. The molecule has 1 aromatic carbocycles. The lowest BCUT2D eigenvalue weighted by atomic mass is 9.73. The molecule has 2 aliphatic rings. The van der Waals surface area contributed by atoms with Crippen molar-refractivity contribution >= 4 is 29.2 Å². The van der Waals surface area contributed by atoms with Crippen LogP contribution >= 0.6 is 11.6 Å². The SMILES string of the molecule is O=C(O)C1CCC1C(=O)Nc1ccc(Cl)c(-c2nnc3n2CCCCC3)c1. The smallest absolute Gasteiger partial charge is 0.307 e. The maximum atomic E-state index is 12.4. The Balaban J connectivity index is 1.58. The van der Waals surface area contributed by atoms with Gasteiger partial charge in [0.05, 0.1) is 16.9 Å². The van der Waals surface area contributed by atoms with Gasteiger partial charge in [-0.2, -0.15) is 0 Å². The maximum absolute atomic E-state index is 12.4. The van der Waals surface area contributed by atoms with Gasteiger partial charge >= 0.3 is 5.97 Å². The first kappa shape index (κ1) is 18.0. The van der Waals surface area contributed by atoms with E-state index >= 15 is 0 Å². The van der Waals surface area contributed by atoms with Gasteiger partial charge in [-0.05, 0) is 43.9 Å². The molecule has 1 fully saturated rings. The molecule has 2 heterocycles. The number of carboxylic acid groups (broad SMARTS) is 1. The van der Waals surface area contributed by atoms with Gasteiger partial charge in [-0.15, -0.1) is 10.2 Å². The third kappa shape index (κ3) is 3.43. The number of hydrogen-bond acceptors (Lipinski definition) is 4. The van der Waals surface area contributed by atoms with Crippen LogP contribution in [0.15, 0.2) is 18.2 Å². The number of carboxylic acids is 1. The second kappa shape index (κ2) is 7.31. The summed E-state index contributed by atoms with van der Waals surface area (Å²) in [7, 11) is 0. The zero-order valence-corrected chi connectivity index (χ0v) is 15.6. The molecule has 1 aromatic heterocycles. The highest BCUT2D eigenvalue weighted by molar-refractivity contribution is 6.33. The lowest BCUT2D eigenvalue weighted by Gasteiger charge is -2.31. The number of halogens is 1. The number of nitrogens with one attached hydrogen (secondary N) is 1. The number of amides is 1. The molecule has 2 aromatic rings. The molecule has 2 N–H and O–H groups in total. The van der Waals surface area contributed by atoms with E-state index < -0.39 is 17.8 Å². The summed E-state index contributed by atoms with van der Waals surface area (Å²) in [6.07, 6.45) is 5.39. The lowest BCUT2D eigenvalue weighted by Crippen LogP contribution is -2.41. The number of aliphatic carboxylic acids is 1. The van der Waals surface area contributed by atoms with Crippen molar-refractivity contribution in [2.75, 3.05) is 5.32 Å². The van der Waals surface area contributed by atoms with Crippen LogP contribution in [0.3, 0.4) is 0 Å². The lowest BCUT2D eigenvalue weighted by molar-refractivity contribution is -0.151. The topological polar surface area (TPSA) is 97.1 Å². The summed E-state index contributed by atoms with van der Waals surface area (Å²) in [6, 6.07) is 5.23. The molecule has 7 nitrogen and oxygen atoms in total. The zero-order valence-electron chi connectivity index (χ0n) is 14.8. The van der Waals surface area contributed by atoms with E-state index in [-0.39, 0.29) is 5.91 Å². The summed E-state index contributed by atoms with van der Waals surface area (Å²) in [5.74, 6) is -0.576. The highest BCUT2D eigenvalue weighted by Gasteiger charge is 2.41. The van der Waals surface area contributed by atoms with Crippen LogP contribution in [0.25, 0.3) is 11.4 Å². The molecule has 27 heavy (non-hydrogen) atoms. The molecule has 1 amide bonds. The molecule has 142 valence electrons. The molecule has 1 aliphatic carbocycles. The van der Waals surface area contributed by atoms with Gasteiger partial charge in [0.2, 0.25) is 5.91 Å². The number of nitrogens with zero attached hydrogens (tertiary/aromatic N) is 3. The van der Waals surface area contributed by atoms with Gasteiger partial charge in [-0.25, -0.2) is 0 Å². The molecule has 0 saturated heterocycles. The van der Waals surface area contributed by atoms with Crippen molar-refractivity contribution in [2.45, 2.75) is 45.1 Å². The Morgan fingerprint density at radius 3 is 2.70 bits per heavy atom. The van der Waals surface area contributed by atoms with E-state index in [4.69, 9.17) is 16.7 Å². The first-order chi connectivity index (χ1) is 13.0. The van der Waals surface area contributed by atoms with Gasteiger partial charge in [-0.3, -0.25) is 9.59 Å². The van der Waals surface area contributed by atoms with Crippen molar-refractivity contribution in [1.29, 1.82) is 0 Å². The largest absolute Gasteiger partial charge is 0.481 e. The normalized spacial score (nSPS) is 21.7. The number of aromatic nitrogens is 3. The fraction of sp³-hybridized carbons (Fsp3) is 0.474. The van der Waals surface area contributed by atoms with Gasteiger partial charge in [-0.1, -0.05) is 18.0 Å². The Bertz CT molecular complexity index is 895. The van der Waals surface area contributed by atoms with E-state index in [1.54, 1.807) is 18.2 Å². The van der Waals surface area contributed by atoms with Crippen molar-refractivity contribution in [1.82, 2.24) is 14.8 Å². The average Bonchev–Trinajstić information content (AvgIpc) is 2.83. The van der Waals surface area contributed by atoms with Crippen LogP contribution in [0.5, 0.6) is 0 Å². The number of benzene rings is 1. The van der Waals surface area contributed by atoms with Crippen LogP contribution < -0.4 is 5.32 Å². The van der Waals surface area contributed by atoms with E-state index in [2.05, 4.69) is 20.1 Å². The Kier molecular flexibility index (Phi) is 4.86. The fourth-order valence-electron chi connectivity index (χ4n) is 3.80. The standard InChI is InChI=1S/C19H21ClN4O3/c20-15-8-5-11(21-18(25)12-6-7-13(12)19(26)27)10-14(15)17-23-22-16-4-2-1-3-9-24(16)17/h5,8,10,12-13H,1-4,6-7,9H2,(H,21,25)(H,26,27). The van der Waals surface area contributed by atoms with E-state index in [9.17, 15) is 9.59 Å². The number of aryl methyl sites for hydroxylation is 1. The molecular formula is C19H21ClN4O3.